The van der Waals surface area contributed by atoms with Crippen LogP contribution in [0.3, 0.4) is 0 Å². The Labute approximate surface area is 108 Å². The van der Waals surface area contributed by atoms with Crippen molar-refractivity contribution >= 4 is 23.2 Å². The molecule has 0 aliphatic heterocycles. The van der Waals surface area contributed by atoms with Gasteiger partial charge >= 0.3 is 0 Å². The van der Waals surface area contributed by atoms with E-state index in [2.05, 4.69) is 15.0 Å². The van der Waals surface area contributed by atoms with Crippen LogP contribution in [0.15, 0.2) is 12.3 Å². The lowest BCUT2D eigenvalue weighted by molar-refractivity contribution is -0.117. The number of carbonyl (C=O) groups is 1. The predicted octanol–water partition coefficient (Wildman–Crippen LogP) is 2.65. The molecule has 0 radical (unpaired) electrons. The van der Waals surface area contributed by atoms with Gasteiger partial charge in [-0.2, -0.15) is 0 Å². The van der Waals surface area contributed by atoms with E-state index in [1.165, 1.54) is 6.20 Å². The molecule has 0 bridgehead atoms. The van der Waals surface area contributed by atoms with Crippen LogP contribution in [-0.2, 0) is 9.53 Å². The fourth-order valence-corrected chi connectivity index (χ4v) is 1.47. The first kappa shape index (κ1) is 14.8. The van der Waals surface area contributed by atoms with E-state index >= 15 is 0 Å². The maximum absolute atomic E-state index is 11.8. The third-order valence-electron chi connectivity index (χ3n) is 2.09. The van der Waals surface area contributed by atoms with Gasteiger partial charge in [-0.25, -0.2) is 13.8 Å². The van der Waals surface area contributed by atoms with Crippen molar-refractivity contribution in [3.63, 3.8) is 0 Å². The second-order valence-electron chi connectivity index (χ2n) is 3.56. The number of aromatic nitrogens is 1. The first-order valence-corrected chi connectivity index (χ1v) is 5.65. The first-order chi connectivity index (χ1) is 8.50. The molecule has 0 spiro atoms. The van der Waals surface area contributed by atoms with Crippen molar-refractivity contribution in [2.75, 3.05) is 18.5 Å². The minimum absolute atomic E-state index is 0.0165. The second kappa shape index (κ2) is 7.23. The van der Waals surface area contributed by atoms with Gasteiger partial charge in [0.05, 0.1) is 18.7 Å². The zero-order valence-electron chi connectivity index (χ0n) is 9.75. The molecular weight excluding hydrogens is 266 g/mol. The minimum atomic E-state index is -2.52. The zero-order chi connectivity index (χ0) is 13.5. The second-order valence-corrected chi connectivity index (χ2v) is 3.92. The lowest BCUT2D eigenvalue weighted by atomic mass is 10.2. The normalized spacial score (nSPS) is 10.7. The number of hydrogen-bond acceptors (Lipinski definition) is 3. The third kappa shape index (κ3) is 4.93. The molecule has 0 aromatic carbocycles. The number of alkyl halides is 2. The summed E-state index contributed by atoms with van der Waals surface area (Å²) >= 11 is 5.82. The van der Waals surface area contributed by atoms with Crippen molar-refractivity contribution in [2.24, 2.45) is 0 Å². The maximum atomic E-state index is 11.8. The van der Waals surface area contributed by atoms with Crippen LogP contribution < -0.4 is 5.32 Å². The summed E-state index contributed by atoms with van der Waals surface area (Å²) < 4.78 is 28.1. The molecule has 1 rings (SSSR count). The highest BCUT2D eigenvalue weighted by Crippen LogP contribution is 2.22. The monoisotopic (exact) mass is 278 g/mol. The summed E-state index contributed by atoms with van der Waals surface area (Å²) in [6, 6.07) is 1.70. The molecule has 0 aliphatic rings. The van der Waals surface area contributed by atoms with Crippen molar-refractivity contribution in [1.82, 2.24) is 4.98 Å². The Morgan fingerprint density at radius 3 is 2.94 bits per heavy atom. The summed E-state index contributed by atoms with van der Waals surface area (Å²) in [6.07, 6.45) is -1.01. The van der Waals surface area contributed by atoms with E-state index in [1.54, 1.807) is 13.0 Å². The van der Waals surface area contributed by atoms with Gasteiger partial charge in [0.2, 0.25) is 5.91 Å². The molecule has 1 N–H and O–H groups in total. The number of amides is 1. The number of carbonyl (C=O) groups excluding carboxylic acids is 1. The molecule has 7 heteroatoms. The summed E-state index contributed by atoms with van der Waals surface area (Å²) in [5.74, 6) is -0.359. The number of anilines is 1. The smallest absolute Gasteiger partial charge is 0.261 e. The zero-order valence-corrected chi connectivity index (χ0v) is 10.5. The lowest BCUT2D eigenvalue weighted by Crippen LogP contribution is -2.16. The molecule has 100 valence electrons. The molecule has 0 atom stereocenters. The highest BCUT2D eigenvalue weighted by molar-refractivity contribution is 6.32. The van der Waals surface area contributed by atoms with Crippen LogP contribution in [0.25, 0.3) is 0 Å². The molecule has 0 saturated heterocycles. The third-order valence-corrected chi connectivity index (χ3v) is 2.38. The van der Waals surface area contributed by atoms with E-state index in [-0.39, 0.29) is 24.1 Å². The largest absolute Gasteiger partial charge is 0.375 e. The van der Waals surface area contributed by atoms with Gasteiger partial charge in [-0.3, -0.25) is 4.79 Å². The van der Waals surface area contributed by atoms with Gasteiger partial charge < -0.3 is 10.1 Å². The lowest BCUT2D eigenvalue weighted by Gasteiger charge is -2.09. The van der Waals surface area contributed by atoms with Gasteiger partial charge in [0.15, 0.2) is 5.15 Å². The van der Waals surface area contributed by atoms with Crippen molar-refractivity contribution in [2.45, 2.75) is 19.8 Å². The first-order valence-electron chi connectivity index (χ1n) is 5.27. The van der Waals surface area contributed by atoms with Crippen molar-refractivity contribution in [1.29, 1.82) is 0 Å². The number of hydrogen-bond donors (Lipinski definition) is 1. The van der Waals surface area contributed by atoms with E-state index in [4.69, 9.17) is 11.6 Å². The van der Waals surface area contributed by atoms with Crippen LogP contribution in [0.4, 0.5) is 14.5 Å². The number of ether oxygens (including phenoxy) is 1. The number of rotatable bonds is 6. The molecule has 0 fully saturated rings. The van der Waals surface area contributed by atoms with Crippen LogP contribution in [0, 0.1) is 6.92 Å². The fraction of sp³-hybridized carbons (Fsp3) is 0.455. The quantitative estimate of drug-likeness (QED) is 0.643. The topological polar surface area (TPSA) is 51.2 Å². The van der Waals surface area contributed by atoms with Crippen molar-refractivity contribution in [3.05, 3.63) is 23.0 Å². The van der Waals surface area contributed by atoms with Crippen molar-refractivity contribution < 1.29 is 18.3 Å². The summed E-state index contributed by atoms with van der Waals surface area (Å²) in [5.41, 5.74) is 1.20. The summed E-state index contributed by atoms with van der Waals surface area (Å²) in [7, 11) is 0. The Hall–Kier alpha value is -1.27. The van der Waals surface area contributed by atoms with Crippen LogP contribution in [0.2, 0.25) is 5.15 Å². The van der Waals surface area contributed by atoms with E-state index in [0.29, 0.717) is 5.69 Å². The van der Waals surface area contributed by atoms with Gasteiger partial charge in [0.1, 0.15) is 6.61 Å². The molecule has 1 amide bonds. The summed E-state index contributed by atoms with van der Waals surface area (Å²) in [6.45, 7) is 1.05. The van der Waals surface area contributed by atoms with Gasteiger partial charge in [-0.15, -0.1) is 0 Å². The van der Waals surface area contributed by atoms with Crippen LogP contribution in [0.1, 0.15) is 12.0 Å². The van der Waals surface area contributed by atoms with E-state index in [1.807, 2.05) is 0 Å². The molecule has 0 saturated carbocycles. The Morgan fingerprint density at radius 1 is 1.61 bits per heavy atom. The molecule has 1 heterocycles. The van der Waals surface area contributed by atoms with Gasteiger partial charge in [0.25, 0.3) is 6.43 Å². The molecule has 4 nitrogen and oxygen atoms in total. The maximum Gasteiger partial charge on any atom is 0.261 e. The standard InChI is InChI=1S/C11H13ClF2N2O2/c1-7-2-4-15-11(12)10(7)16-9(17)3-5-18-6-8(13)14/h2,4,8H,3,5-6H2,1H3,(H,16,17). The van der Waals surface area contributed by atoms with Gasteiger partial charge in [0, 0.05) is 6.20 Å². The SMILES string of the molecule is Cc1ccnc(Cl)c1NC(=O)CCOCC(F)F. The number of aryl methyl sites for hydroxylation is 1. The minimum Gasteiger partial charge on any atom is -0.375 e. The number of nitrogens with one attached hydrogen (secondary N) is 1. The van der Waals surface area contributed by atoms with Crippen LogP contribution >= 0.6 is 11.6 Å². The number of halogens is 3. The van der Waals surface area contributed by atoms with E-state index in [9.17, 15) is 13.6 Å². The molecular formula is C11H13ClF2N2O2. The van der Waals surface area contributed by atoms with E-state index < -0.39 is 13.0 Å². The average molecular weight is 279 g/mol. The van der Waals surface area contributed by atoms with E-state index in [0.717, 1.165) is 5.56 Å². The predicted molar refractivity (Wildman–Crippen MR) is 64.1 cm³/mol. The Morgan fingerprint density at radius 2 is 2.33 bits per heavy atom. The molecule has 0 unspecified atom stereocenters. The summed E-state index contributed by atoms with van der Waals surface area (Å²) in [5, 5.41) is 2.76. The van der Waals surface area contributed by atoms with Gasteiger partial charge in [-0.1, -0.05) is 11.6 Å². The Kier molecular flexibility index (Phi) is 5.94. The van der Waals surface area contributed by atoms with Crippen molar-refractivity contribution in [3.8, 4) is 0 Å². The Bertz CT molecular complexity index is 396. The van der Waals surface area contributed by atoms with Crippen LogP contribution in [0.5, 0.6) is 0 Å². The summed E-state index contributed by atoms with van der Waals surface area (Å²) in [4.78, 5) is 15.3. The fourth-order valence-electron chi connectivity index (χ4n) is 1.21. The highest BCUT2D eigenvalue weighted by Gasteiger charge is 2.09. The molecule has 18 heavy (non-hydrogen) atoms. The Balaban J connectivity index is 2.40. The highest BCUT2D eigenvalue weighted by atomic mass is 35.5. The molecule has 1 aromatic rings. The van der Waals surface area contributed by atoms with Crippen LogP contribution in [-0.4, -0.2) is 30.5 Å². The molecule has 1 aromatic heterocycles. The average Bonchev–Trinajstić information content (AvgIpc) is 2.29. The number of nitrogens with zero attached hydrogens (tertiary/aromatic N) is 1. The molecule has 0 aliphatic carbocycles. The van der Waals surface area contributed by atoms with Gasteiger partial charge in [-0.05, 0) is 18.6 Å². The number of pyridine rings is 1.